The third-order valence-corrected chi connectivity index (χ3v) is 7.24. The third kappa shape index (κ3) is 3.23. The van der Waals surface area contributed by atoms with Gasteiger partial charge in [0.1, 0.15) is 0 Å². The van der Waals surface area contributed by atoms with E-state index in [1.54, 1.807) is 6.20 Å². The van der Waals surface area contributed by atoms with Crippen LogP contribution >= 0.6 is 0 Å². The molecule has 2 fully saturated rings. The molecule has 1 aromatic carbocycles. The van der Waals surface area contributed by atoms with Crippen molar-refractivity contribution in [3.05, 3.63) is 47.8 Å². The molecule has 0 N–H and O–H groups in total. The van der Waals surface area contributed by atoms with E-state index in [4.69, 9.17) is 0 Å². The van der Waals surface area contributed by atoms with Crippen LogP contribution in [-0.4, -0.2) is 71.7 Å². The van der Waals surface area contributed by atoms with Gasteiger partial charge in [-0.3, -0.25) is 9.80 Å². The molecule has 0 radical (unpaired) electrons. The zero-order chi connectivity index (χ0) is 17.6. The van der Waals surface area contributed by atoms with Crippen molar-refractivity contribution in [3.8, 4) is 5.69 Å². The molecule has 2 aromatic rings. The number of likely N-dealkylation sites (N-methyl/N-ethyl adjacent to an activating group) is 1. The smallest absolute Gasteiger partial charge is 0.153 e. The normalized spacial score (nSPS) is 26.6. The van der Waals surface area contributed by atoms with Crippen LogP contribution in [0.5, 0.6) is 0 Å². The minimum absolute atomic E-state index is 0.106. The SMILES string of the molecule is Cc1cc(-n2cccn2)ccc1CN1CCN(C)[C@@H]2CS(=O)(=O)C[C@@H]21. The molecular formula is C18H24N4O2S. The molecule has 134 valence electrons. The standard InChI is InChI=1S/C18H24N4O2S/c1-14-10-16(22-7-3-6-19-22)5-4-15(14)11-21-9-8-20(2)17-12-25(23,24)13-18(17)21/h3-7,10,17-18H,8-9,11-13H2,1-2H3/t17-,18+/m1/s1. The summed E-state index contributed by atoms with van der Waals surface area (Å²) < 4.78 is 26.1. The van der Waals surface area contributed by atoms with Gasteiger partial charge in [-0.25, -0.2) is 13.1 Å². The Morgan fingerprint density at radius 1 is 1.20 bits per heavy atom. The summed E-state index contributed by atoms with van der Waals surface area (Å²) in [4.78, 5) is 4.56. The number of benzene rings is 1. The predicted octanol–water partition coefficient (Wildman–Crippen LogP) is 1.09. The first-order valence-electron chi connectivity index (χ1n) is 8.67. The van der Waals surface area contributed by atoms with E-state index < -0.39 is 9.84 Å². The van der Waals surface area contributed by atoms with Crippen molar-refractivity contribution in [2.75, 3.05) is 31.6 Å². The maximum Gasteiger partial charge on any atom is 0.153 e. The zero-order valence-electron chi connectivity index (χ0n) is 14.7. The Morgan fingerprint density at radius 3 is 2.72 bits per heavy atom. The zero-order valence-corrected chi connectivity index (χ0v) is 15.5. The Bertz CT molecular complexity index is 863. The van der Waals surface area contributed by atoms with Gasteiger partial charge in [-0.1, -0.05) is 6.07 Å². The van der Waals surface area contributed by atoms with Gasteiger partial charge in [-0.15, -0.1) is 0 Å². The van der Waals surface area contributed by atoms with Crippen molar-refractivity contribution in [1.29, 1.82) is 0 Å². The average Bonchev–Trinajstić information content (AvgIpc) is 3.19. The Hall–Kier alpha value is -1.70. The van der Waals surface area contributed by atoms with Crippen LogP contribution in [-0.2, 0) is 16.4 Å². The lowest BCUT2D eigenvalue weighted by molar-refractivity contribution is 0.0572. The number of fused-ring (bicyclic) bond motifs is 1. The van der Waals surface area contributed by atoms with Gasteiger partial charge in [0.2, 0.25) is 0 Å². The highest BCUT2D eigenvalue weighted by Crippen LogP contribution is 2.28. The number of nitrogens with zero attached hydrogens (tertiary/aromatic N) is 4. The van der Waals surface area contributed by atoms with Gasteiger partial charge in [0.05, 0.1) is 17.2 Å². The van der Waals surface area contributed by atoms with E-state index in [1.165, 1.54) is 11.1 Å². The monoisotopic (exact) mass is 360 g/mol. The summed E-state index contributed by atoms with van der Waals surface area (Å²) in [5.74, 6) is 0.578. The molecule has 2 saturated heterocycles. The molecule has 0 bridgehead atoms. The van der Waals surface area contributed by atoms with Crippen molar-refractivity contribution in [2.24, 2.45) is 0 Å². The molecule has 2 aliphatic heterocycles. The van der Waals surface area contributed by atoms with E-state index >= 15 is 0 Å². The van der Waals surface area contributed by atoms with Gasteiger partial charge < -0.3 is 0 Å². The van der Waals surface area contributed by atoms with Gasteiger partial charge in [0.15, 0.2) is 9.84 Å². The predicted molar refractivity (Wildman–Crippen MR) is 97.6 cm³/mol. The number of rotatable bonds is 3. The van der Waals surface area contributed by atoms with Crippen molar-refractivity contribution in [2.45, 2.75) is 25.6 Å². The first-order valence-corrected chi connectivity index (χ1v) is 10.5. The van der Waals surface area contributed by atoms with Crippen molar-refractivity contribution >= 4 is 9.84 Å². The van der Waals surface area contributed by atoms with Crippen molar-refractivity contribution < 1.29 is 8.42 Å². The lowest BCUT2D eigenvalue weighted by Crippen LogP contribution is -2.57. The highest BCUT2D eigenvalue weighted by molar-refractivity contribution is 7.91. The van der Waals surface area contributed by atoms with E-state index in [1.807, 2.05) is 24.0 Å². The molecule has 0 spiro atoms. The molecule has 0 saturated carbocycles. The quantitative estimate of drug-likeness (QED) is 0.820. The Kier molecular flexibility index (Phi) is 4.17. The van der Waals surface area contributed by atoms with Crippen molar-refractivity contribution in [1.82, 2.24) is 19.6 Å². The molecule has 25 heavy (non-hydrogen) atoms. The second-order valence-corrected chi connectivity index (χ2v) is 9.38. The van der Waals surface area contributed by atoms with E-state index in [0.29, 0.717) is 5.75 Å². The van der Waals surface area contributed by atoms with Gasteiger partial charge in [-0.05, 0) is 43.3 Å². The second kappa shape index (κ2) is 6.23. The third-order valence-electron chi connectivity index (χ3n) is 5.54. The Labute approximate surface area is 149 Å². The van der Waals surface area contributed by atoms with Crippen LogP contribution in [0.3, 0.4) is 0 Å². The highest BCUT2D eigenvalue weighted by atomic mass is 32.2. The Morgan fingerprint density at radius 2 is 2.00 bits per heavy atom. The van der Waals surface area contributed by atoms with Crippen LogP contribution in [0.1, 0.15) is 11.1 Å². The number of aryl methyl sites for hydroxylation is 1. The fourth-order valence-electron chi connectivity index (χ4n) is 4.03. The number of aromatic nitrogens is 2. The molecule has 0 amide bonds. The van der Waals surface area contributed by atoms with Crippen LogP contribution in [0.2, 0.25) is 0 Å². The van der Waals surface area contributed by atoms with Gasteiger partial charge in [0, 0.05) is 44.1 Å². The average molecular weight is 360 g/mol. The molecule has 6 nitrogen and oxygen atoms in total. The fraction of sp³-hybridized carbons (Fsp3) is 0.500. The first kappa shape index (κ1) is 16.8. The maximum absolute atomic E-state index is 12.1. The second-order valence-electron chi connectivity index (χ2n) is 7.22. The summed E-state index contributed by atoms with van der Waals surface area (Å²) in [5, 5.41) is 4.27. The number of piperazine rings is 1. The molecule has 2 aliphatic rings. The minimum atomic E-state index is -2.93. The van der Waals surface area contributed by atoms with Gasteiger partial charge in [0.25, 0.3) is 0 Å². The van der Waals surface area contributed by atoms with Gasteiger partial charge in [-0.2, -0.15) is 5.10 Å². The molecule has 3 heterocycles. The number of hydrogen-bond donors (Lipinski definition) is 0. The van der Waals surface area contributed by atoms with Crippen LogP contribution in [0.15, 0.2) is 36.7 Å². The maximum atomic E-state index is 12.1. The minimum Gasteiger partial charge on any atom is -0.300 e. The van der Waals surface area contributed by atoms with E-state index in [0.717, 1.165) is 25.3 Å². The summed E-state index contributed by atoms with van der Waals surface area (Å²) in [6, 6.07) is 8.50. The lowest BCUT2D eigenvalue weighted by Gasteiger charge is -2.42. The molecule has 2 atom stereocenters. The molecule has 4 rings (SSSR count). The topological polar surface area (TPSA) is 58.4 Å². The lowest BCUT2D eigenvalue weighted by atomic mass is 10.0. The molecule has 7 heteroatoms. The van der Waals surface area contributed by atoms with Crippen LogP contribution in [0.25, 0.3) is 5.69 Å². The summed E-state index contributed by atoms with van der Waals surface area (Å²) in [7, 11) is -0.887. The number of sulfone groups is 1. The first-order chi connectivity index (χ1) is 11.9. The summed E-state index contributed by atoms with van der Waals surface area (Å²) in [6.45, 7) is 4.74. The van der Waals surface area contributed by atoms with Gasteiger partial charge >= 0.3 is 0 Å². The molecule has 0 aliphatic carbocycles. The largest absolute Gasteiger partial charge is 0.300 e. The van der Waals surface area contributed by atoms with Crippen LogP contribution < -0.4 is 0 Å². The van der Waals surface area contributed by atoms with E-state index in [-0.39, 0.29) is 17.8 Å². The van der Waals surface area contributed by atoms with E-state index in [2.05, 4.69) is 40.0 Å². The van der Waals surface area contributed by atoms with Crippen LogP contribution in [0.4, 0.5) is 0 Å². The molecule has 0 unspecified atom stereocenters. The highest BCUT2D eigenvalue weighted by Gasteiger charge is 2.45. The molecule has 1 aromatic heterocycles. The molecular weight excluding hydrogens is 336 g/mol. The van der Waals surface area contributed by atoms with Crippen LogP contribution in [0, 0.1) is 6.92 Å². The summed E-state index contributed by atoms with van der Waals surface area (Å²) in [5.41, 5.74) is 3.51. The number of hydrogen-bond acceptors (Lipinski definition) is 5. The fourth-order valence-corrected chi connectivity index (χ4v) is 6.12. The van der Waals surface area contributed by atoms with Crippen molar-refractivity contribution in [3.63, 3.8) is 0 Å². The summed E-state index contributed by atoms with van der Waals surface area (Å²) >= 11 is 0. The summed E-state index contributed by atoms with van der Waals surface area (Å²) in [6.07, 6.45) is 3.71. The Balaban J connectivity index is 1.56. The van der Waals surface area contributed by atoms with E-state index in [9.17, 15) is 8.42 Å².